The van der Waals surface area contributed by atoms with Crippen molar-refractivity contribution in [1.82, 2.24) is 0 Å². The highest BCUT2D eigenvalue weighted by Gasteiger charge is 2.30. The Morgan fingerprint density at radius 3 is 0.642 bits per heavy atom. The van der Waals surface area contributed by atoms with E-state index < -0.39 is 97.5 Å². The number of esters is 4. The predicted octanol–water partition coefficient (Wildman–Crippen LogP) is 26.6. The molecule has 5 atom stereocenters. The van der Waals surface area contributed by atoms with Gasteiger partial charge in [0, 0.05) is 25.7 Å². The summed E-state index contributed by atoms with van der Waals surface area (Å²) in [5, 5.41) is 10.7. The zero-order valence-electron chi connectivity index (χ0n) is 69.7. The molecule has 0 aliphatic heterocycles. The fourth-order valence-corrected chi connectivity index (χ4v) is 15.2. The van der Waals surface area contributed by atoms with Gasteiger partial charge in [0.1, 0.15) is 19.3 Å². The number of hydrogen-bond donors (Lipinski definition) is 3. The molecule has 3 N–H and O–H groups in total. The van der Waals surface area contributed by atoms with Crippen molar-refractivity contribution in [2.45, 2.75) is 484 Å². The number of carbonyl (C=O) groups is 4. The highest BCUT2D eigenvalue weighted by Crippen LogP contribution is 2.45. The molecule has 0 aromatic rings. The first-order chi connectivity index (χ1) is 51.4. The van der Waals surface area contributed by atoms with E-state index in [1.807, 2.05) is 0 Å². The van der Waals surface area contributed by atoms with Gasteiger partial charge in [-0.15, -0.1) is 0 Å². The Kier molecular flexibility index (Phi) is 76.9. The Bertz CT molecular complexity index is 2030. The number of phosphoric ester groups is 2. The zero-order chi connectivity index (χ0) is 77.8. The van der Waals surface area contributed by atoms with E-state index in [2.05, 4.69) is 41.5 Å². The second kappa shape index (κ2) is 78.3. The molecule has 0 radical (unpaired) electrons. The van der Waals surface area contributed by atoms with E-state index in [9.17, 15) is 43.2 Å². The molecule has 0 aromatic carbocycles. The van der Waals surface area contributed by atoms with Crippen molar-refractivity contribution >= 4 is 39.5 Å². The van der Waals surface area contributed by atoms with Gasteiger partial charge < -0.3 is 33.8 Å². The molecule has 0 aliphatic carbocycles. The van der Waals surface area contributed by atoms with Crippen LogP contribution < -0.4 is 0 Å². The number of rotatable bonds is 86. The molecule has 106 heavy (non-hydrogen) atoms. The molecule has 0 amide bonds. The smallest absolute Gasteiger partial charge is 0.462 e. The number of aliphatic hydroxyl groups is 1. The maximum absolute atomic E-state index is 13.2. The number of aliphatic hydroxyl groups excluding tert-OH is 1. The van der Waals surface area contributed by atoms with E-state index in [1.54, 1.807) is 0 Å². The largest absolute Gasteiger partial charge is 0.472 e. The standard InChI is InChI=1S/C87H170O17P2/c1-7-9-11-13-15-17-19-21-23-25-27-29-30-32-34-36-38-43-47-51-59-65-71-86(91)103-82(75-97-84(89)69-63-57-50-46-42-37-35-33-31-28-26-24-22-20-18-16-14-12-10-8-2)77-101-105(93,94)99-73-81(88)74-100-106(95,96)102-78-83(76-98-85(90)70-64-58-54-53-56-62-68-80(5)6)104-87(92)72-66-60-52-48-44-40-39-41-45-49-55-61-67-79(3)4/h79-83,88H,7-78H2,1-6H3,(H,93,94)(H,95,96)/t81-,82-,83-/m1/s1. The third-order valence-corrected chi connectivity index (χ3v) is 22.4. The molecule has 630 valence electrons. The molecule has 0 spiro atoms. The maximum Gasteiger partial charge on any atom is 0.472 e. The van der Waals surface area contributed by atoms with Gasteiger partial charge in [-0.05, 0) is 37.5 Å². The predicted molar refractivity (Wildman–Crippen MR) is 437 cm³/mol. The van der Waals surface area contributed by atoms with Crippen molar-refractivity contribution in [3.05, 3.63) is 0 Å². The lowest BCUT2D eigenvalue weighted by Gasteiger charge is -2.21. The van der Waals surface area contributed by atoms with Crippen LogP contribution in [0.15, 0.2) is 0 Å². The highest BCUT2D eigenvalue weighted by atomic mass is 31.2. The van der Waals surface area contributed by atoms with Crippen molar-refractivity contribution in [3.63, 3.8) is 0 Å². The molecular weight excluding hydrogens is 1380 g/mol. The first-order valence-electron chi connectivity index (χ1n) is 45.0. The van der Waals surface area contributed by atoms with E-state index in [0.717, 1.165) is 102 Å². The minimum Gasteiger partial charge on any atom is -0.462 e. The second-order valence-corrected chi connectivity index (χ2v) is 35.1. The van der Waals surface area contributed by atoms with Crippen LogP contribution in [0.5, 0.6) is 0 Å². The molecule has 0 heterocycles. The van der Waals surface area contributed by atoms with Crippen LogP contribution in [0.3, 0.4) is 0 Å². The monoisotopic (exact) mass is 1550 g/mol. The van der Waals surface area contributed by atoms with Crippen LogP contribution >= 0.6 is 15.6 Å². The van der Waals surface area contributed by atoms with Crippen molar-refractivity contribution in [3.8, 4) is 0 Å². The summed E-state index contributed by atoms with van der Waals surface area (Å²) < 4.78 is 68.9. The van der Waals surface area contributed by atoms with E-state index in [0.29, 0.717) is 31.6 Å². The minimum atomic E-state index is -4.97. The Morgan fingerprint density at radius 1 is 0.255 bits per heavy atom. The third kappa shape index (κ3) is 80.1. The summed E-state index contributed by atoms with van der Waals surface area (Å²) in [5.74, 6) is -0.650. The molecule has 19 heteroatoms. The lowest BCUT2D eigenvalue weighted by molar-refractivity contribution is -0.161. The van der Waals surface area contributed by atoms with Gasteiger partial charge in [-0.2, -0.15) is 0 Å². The van der Waals surface area contributed by atoms with Gasteiger partial charge in [0.2, 0.25) is 0 Å². The lowest BCUT2D eigenvalue weighted by Crippen LogP contribution is -2.30. The quantitative estimate of drug-likeness (QED) is 0.0222. The molecule has 2 unspecified atom stereocenters. The topological polar surface area (TPSA) is 237 Å². The van der Waals surface area contributed by atoms with E-state index >= 15 is 0 Å². The number of unbranched alkanes of at least 4 members (excludes halogenated alkanes) is 56. The molecule has 0 aromatic heterocycles. The normalized spacial score (nSPS) is 13.8. The van der Waals surface area contributed by atoms with Gasteiger partial charge in [-0.3, -0.25) is 37.3 Å². The third-order valence-electron chi connectivity index (χ3n) is 20.5. The van der Waals surface area contributed by atoms with Crippen LogP contribution in [0.2, 0.25) is 0 Å². The summed E-state index contributed by atoms with van der Waals surface area (Å²) >= 11 is 0. The first-order valence-corrected chi connectivity index (χ1v) is 48.0. The fourth-order valence-electron chi connectivity index (χ4n) is 13.6. The average molecular weight is 1550 g/mol. The minimum absolute atomic E-state index is 0.106. The summed E-state index contributed by atoms with van der Waals surface area (Å²) in [6.45, 7) is 9.59. The average Bonchev–Trinajstić information content (AvgIpc) is 0.910. The maximum atomic E-state index is 13.2. The number of hydrogen-bond acceptors (Lipinski definition) is 15. The van der Waals surface area contributed by atoms with Crippen LogP contribution in [-0.4, -0.2) is 96.7 Å². The van der Waals surface area contributed by atoms with E-state index in [4.69, 9.17) is 37.0 Å². The van der Waals surface area contributed by atoms with Crippen molar-refractivity contribution < 1.29 is 80.2 Å². The summed E-state index contributed by atoms with van der Waals surface area (Å²) in [6.07, 6.45) is 71.2. The van der Waals surface area contributed by atoms with E-state index in [1.165, 1.54) is 276 Å². The number of carbonyl (C=O) groups excluding carboxylic acids is 4. The molecule has 0 saturated heterocycles. The summed E-state index contributed by atoms with van der Waals surface area (Å²) in [6, 6.07) is 0. The van der Waals surface area contributed by atoms with Gasteiger partial charge in [0.15, 0.2) is 12.2 Å². The molecule has 0 aliphatic rings. The van der Waals surface area contributed by atoms with Crippen LogP contribution in [0.1, 0.15) is 465 Å². The Labute approximate surface area is 651 Å². The summed E-state index contributed by atoms with van der Waals surface area (Å²) in [7, 11) is -9.93. The summed E-state index contributed by atoms with van der Waals surface area (Å²) in [4.78, 5) is 73.2. The second-order valence-electron chi connectivity index (χ2n) is 32.2. The van der Waals surface area contributed by atoms with Crippen molar-refractivity contribution in [2.24, 2.45) is 11.8 Å². The van der Waals surface area contributed by atoms with E-state index in [-0.39, 0.29) is 25.7 Å². The van der Waals surface area contributed by atoms with Gasteiger partial charge >= 0.3 is 39.5 Å². The van der Waals surface area contributed by atoms with Gasteiger partial charge in [-0.1, -0.05) is 414 Å². The fraction of sp³-hybridized carbons (Fsp3) is 0.954. The first kappa shape index (κ1) is 104. The molecule has 17 nitrogen and oxygen atoms in total. The number of phosphoric acid groups is 2. The Morgan fingerprint density at radius 2 is 0.434 bits per heavy atom. The molecule has 0 saturated carbocycles. The highest BCUT2D eigenvalue weighted by molar-refractivity contribution is 7.47. The van der Waals surface area contributed by atoms with Crippen molar-refractivity contribution in [2.75, 3.05) is 39.6 Å². The van der Waals surface area contributed by atoms with Crippen molar-refractivity contribution in [1.29, 1.82) is 0 Å². The number of ether oxygens (including phenoxy) is 4. The van der Waals surface area contributed by atoms with Crippen LogP contribution in [0, 0.1) is 11.8 Å². The van der Waals surface area contributed by atoms with Crippen LogP contribution in [-0.2, 0) is 65.4 Å². The molecule has 0 rings (SSSR count). The Balaban J connectivity index is 5.20. The zero-order valence-corrected chi connectivity index (χ0v) is 71.5. The molecule has 0 fully saturated rings. The summed E-state index contributed by atoms with van der Waals surface area (Å²) in [5.41, 5.74) is 0. The SMILES string of the molecule is CCCCCCCCCCCCCCCCCCCCCCCCC(=O)O[C@H](COC(=O)CCCCCCCCCCCCCCCCCCCCCC)COP(=O)(O)OC[C@@H](O)COP(=O)(O)OC[C@@H](COC(=O)CCCCCCCCC(C)C)OC(=O)CCCCCCCCCCCCCCC(C)C. The van der Waals surface area contributed by atoms with Crippen LogP contribution in [0.4, 0.5) is 0 Å². The molecular formula is C87H170O17P2. The van der Waals surface area contributed by atoms with Crippen LogP contribution in [0.25, 0.3) is 0 Å². The van der Waals surface area contributed by atoms with Gasteiger partial charge in [0.25, 0.3) is 0 Å². The Hall–Kier alpha value is -1.94. The molecule has 0 bridgehead atoms. The van der Waals surface area contributed by atoms with Gasteiger partial charge in [-0.25, -0.2) is 9.13 Å². The van der Waals surface area contributed by atoms with Gasteiger partial charge in [0.05, 0.1) is 26.4 Å². The lowest BCUT2D eigenvalue weighted by atomic mass is 10.0.